The normalized spacial score (nSPS) is 14.3. The maximum Gasteiger partial charge on any atom is 0.408 e. The van der Waals surface area contributed by atoms with Crippen molar-refractivity contribution in [1.82, 2.24) is 15.1 Å². The topological polar surface area (TPSA) is 93.5 Å². The van der Waals surface area contributed by atoms with E-state index in [1.807, 2.05) is 57.2 Å². The van der Waals surface area contributed by atoms with Crippen LogP contribution in [-0.4, -0.2) is 39.1 Å². The van der Waals surface area contributed by atoms with E-state index in [4.69, 9.17) is 4.74 Å². The van der Waals surface area contributed by atoms with Gasteiger partial charge in [-0.2, -0.15) is 5.10 Å². The van der Waals surface area contributed by atoms with Gasteiger partial charge in [-0.15, -0.1) is 0 Å². The van der Waals surface area contributed by atoms with Crippen molar-refractivity contribution in [2.24, 2.45) is 0 Å². The molecule has 172 valence electrons. The highest BCUT2D eigenvalue weighted by Gasteiger charge is 2.38. The zero-order valence-electron chi connectivity index (χ0n) is 19.4. The molecule has 7 nitrogen and oxygen atoms in total. The minimum Gasteiger partial charge on any atom is -0.479 e. The zero-order chi connectivity index (χ0) is 23.8. The van der Waals surface area contributed by atoms with Crippen molar-refractivity contribution in [3.63, 3.8) is 0 Å². The Kier molecular flexibility index (Phi) is 5.97. The van der Waals surface area contributed by atoms with Gasteiger partial charge >= 0.3 is 12.1 Å². The Morgan fingerprint density at radius 1 is 1.09 bits per heavy atom. The number of ether oxygens (including phenoxy) is 1. The SMILES string of the molecule is CCc1c(C)nn(CC(C)(NC(=O)OCC2c3ccccc3-c3ccccc32)C(=O)O)c1C. The number of alkyl carbamates (subject to hydrolysis) is 1. The first-order chi connectivity index (χ1) is 15.7. The average Bonchev–Trinajstić information content (AvgIpc) is 3.25. The van der Waals surface area contributed by atoms with Gasteiger partial charge in [-0.3, -0.25) is 4.68 Å². The first-order valence-corrected chi connectivity index (χ1v) is 11.1. The van der Waals surface area contributed by atoms with Crippen molar-refractivity contribution in [3.05, 3.63) is 76.6 Å². The van der Waals surface area contributed by atoms with E-state index >= 15 is 0 Å². The number of aromatic nitrogens is 2. The van der Waals surface area contributed by atoms with E-state index in [9.17, 15) is 14.7 Å². The van der Waals surface area contributed by atoms with Gasteiger partial charge in [0.25, 0.3) is 0 Å². The van der Waals surface area contributed by atoms with Crippen LogP contribution in [0.3, 0.4) is 0 Å². The quantitative estimate of drug-likeness (QED) is 0.558. The Morgan fingerprint density at radius 2 is 1.67 bits per heavy atom. The van der Waals surface area contributed by atoms with E-state index in [1.165, 1.54) is 6.92 Å². The monoisotopic (exact) mass is 447 g/mol. The van der Waals surface area contributed by atoms with Gasteiger partial charge in [-0.05, 0) is 55.0 Å². The predicted octanol–water partition coefficient (Wildman–Crippen LogP) is 4.44. The number of fused-ring (bicyclic) bond motifs is 3. The first-order valence-electron chi connectivity index (χ1n) is 11.1. The van der Waals surface area contributed by atoms with Crippen molar-refractivity contribution in [1.29, 1.82) is 0 Å². The number of carboxylic acid groups (broad SMARTS) is 1. The molecule has 1 heterocycles. The van der Waals surface area contributed by atoms with Gasteiger partial charge in [0.1, 0.15) is 6.61 Å². The van der Waals surface area contributed by atoms with Crippen molar-refractivity contribution in [2.45, 2.75) is 52.1 Å². The van der Waals surface area contributed by atoms with Crippen LogP contribution in [0.4, 0.5) is 4.79 Å². The minimum atomic E-state index is -1.57. The molecule has 4 rings (SSSR count). The van der Waals surface area contributed by atoms with Crippen LogP contribution in [0.15, 0.2) is 48.5 Å². The molecule has 7 heteroatoms. The average molecular weight is 448 g/mol. The molecule has 3 aromatic rings. The van der Waals surface area contributed by atoms with E-state index in [0.29, 0.717) is 0 Å². The fraction of sp³-hybridized carbons (Fsp3) is 0.346. The molecule has 0 aliphatic heterocycles. The van der Waals surface area contributed by atoms with E-state index in [0.717, 1.165) is 45.6 Å². The minimum absolute atomic E-state index is 0.000792. The van der Waals surface area contributed by atoms with Crippen LogP contribution in [0.1, 0.15) is 47.8 Å². The molecule has 0 saturated carbocycles. The summed E-state index contributed by atoms with van der Waals surface area (Å²) in [5, 5.41) is 16.9. The molecule has 1 aliphatic carbocycles. The third-order valence-corrected chi connectivity index (χ3v) is 6.54. The molecule has 0 spiro atoms. The van der Waals surface area contributed by atoms with Gasteiger partial charge in [0.2, 0.25) is 0 Å². The van der Waals surface area contributed by atoms with Gasteiger partial charge in [0.05, 0.1) is 12.2 Å². The van der Waals surface area contributed by atoms with Gasteiger partial charge < -0.3 is 15.2 Å². The number of hydrogen-bond donors (Lipinski definition) is 2. The van der Waals surface area contributed by atoms with Gasteiger partial charge in [-0.25, -0.2) is 9.59 Å². The molecule has 1 aromatic heterocycles. The van der Waals surface area contributed by atoms with Crippen LogP contribution in [0.2, 0.25) is 0 Å². The molecule has 0 bridgehead atoms. The zero-order valence-corrected chi connectivity index (χ0v) is 19.4. The van der Waals surface area contributed by atoms with Crippen LogP contribution in [-0.2, 0) is 22.5 Å². The fourth-order valence-corrected chi connectivity index (χ4v) is 4.72. The number of nitrogens with one attached hydrogen (secondary N) is 1. The second-order valence-corrected chi connectivity index (χ2v) is 8.75. The summed E-state index contributed by atoms with van der Waals surface area (Å²) in [4.78, 5) is 24.8. The number of nitrogens with zero attached hydrogens (tertiary/aromatic N) is 2. The molecule has 2 aromatic carbocycles. The molecule has 33 heavy (non-hydrogen) atoms. The lowest BCUT2D eigenvalue weighted by Gasteiger charge is -2.27. The molecule has 0 fully saturated rings. The molecular formula is C26H29N3O4. The van der Waals surface area contributed by atoms with Crippen LogP contribution < -0.4 is 5.32 Å². The lowest BCUT2D eigenvalue weighted by Crippen LogP contribution is -2.55. The van der Waals surface area contributed by atoms with Crippen LogP contribution >= 0.6 is 0 Å². The van der Waals surface area contributed by atoms with Crippen molar-refractivity contribution in [3.8, 4) is 11.1 Å². The molecule has 1 unspecified atom stereocenters. The number of aliphatic carboxylic acids is 1. The van der Waals surface area contributed by atoms with Gasteiger partial charge in [0, 0.05) is 11.6 Å². The first kappa shape index (κ1) is 22.6. The highest BCUT2D eigenvalue weighted by molar-refractivity contribution is 5.84. The van der Waals surface area contributed by atoms with E-state index < -0.39 is 17.6 Å². The summed E-state index contributed by atoms with van der Waals surface area (Å²) in [5.41, 5.74) is 5.74. The number of carboxylic acids is 1. The lowest BCUT2D eigenvalue weighted by atomic mass is 9.98. The lowest BCUT2D eigenvalue weighted by molar-refractivity contribution is -0.144. The number of carbonyl (C=O) groups excluding carboxylic acids is 1. The summed E-state index contributed by atoms with van der Waals surface area (Å²) in [6.45, 7) is 7.44. The number of rotatable bonds is 7. The number of carbonyl (C=O) groups is 2. The molecule has 1 aliphatic rings. The number of hydrogen-bond acceptors (Lipinski definition) is 4. The summed E-state index contributed by atoms with van der Waals surface area (Å²) < 4.78 is 7.21. The molecule has 1 atom stereocenters. The maximum atomic E-state index is 12.7. The van der Waals surface area contributed by atoms with E-state index in [1.54, 1.807) is 4.68 Å². The van der Waals surface area contributed by atoms with Crippen LogP contribution in [0, 0.1) is 13.8 Å². The van der Waals surface area contributed by atoms with Crippen molar-refractivity contribution in [2.75, 3.05) is 6.61 Å². The molecule has 0 saturated heterocycles. The van der Waals surface area contributed by atoms with E-state index in [-0.39, 0.29) is 19.1 Å². The van der Waals surface area contributed by atoms with Gasteiger partial charge in [0.15, 0.2) is 5.54 Å². The largest absolute Gasteiger partial charge is 0.479 e. The summed E-state index contributed by atoms with van der Waals surface area (Å²) in [7, 11) is 0. The molecule has 1 amide bonds. The van der Waals surface area contributed by atoms with E-state index in [2.05, 4.69) is 22.5 Å². The Balaban J connectivity index is 1.49. The Bertz CT molecular complexity index is 1170. The predicted molar refractivity (Wildman–Crippen MR) is 125 cm³/mol. The summed E-state index contributed by atoms with van der Waals surface area (Å²) in [6.07, 6.45) is 0.0420. The maximum absolute atomic E-state index is 12.7. The summed E-state index contributed by atoms with van der Waals surface area (Å²) in [6, 6.07) is 16.1. The second-order valence-electron chi connectivity index (χ2n) is 8.75. The fourth-order valence-electron chi connectivity index (χ4n) is 4.72. The second kappa shape index (κ2) is 8.73. The molecule has 2 N–H and O–H groups in total. The summed E-state index contributed by atoms with van der Waals surface area (Å²) in [5.74, 6) is -1.25. The highest BCUT2D eigenvalue weighted by atomic mass is 16.5. The van der Waals surface area contributed by atoms with Crippen LogP contribution in [0.25, 0.3) is 11.1 Å². The Hall–Kier alpha value is -3.61. The number of amides is 1. The Morgan fingerprint density at radius 3 is 2.18 bits per heavy atom. The number of benzene rings is 2. The smallest absolute Gasteiger partial charge is 0.408 e. The Labute approximate surface area is 193 Å². The standard InChI is InChI=1S/C26H29N3O4/c1-5-18-16(2)28-29(17(18)3)15-26(4,24(30)31)27-25(32)33-14-23-21-12-8-6-10-19(21)20-11-7-9-13-22(20)23/h6-13,23H,5,14-15H2,1-4H3,(H,27,32)(H,30,31). The van der Waals surface area contributed by atoms with Crippen LogP contribution in [0.5, 0.6) is 0 Å². The third-order valence-electron chi connectivity index (χ3n) is 6.54. The molecular weight excluding hydrogens is 418 g/mol. The molecule has 0 radical (unpaired) electrons. The highest BCUT2D eigenvalue weighted by Crippen LogP contribution is 2.44. The van der Waals surface area contributed by atoms with Gasteiger partial charge in [-0.1, -0.05) is 55.5 Å². The number of aryl methyl sites for hydroxylation is 1. The van der Waals surface area contributed by atoms with Crippen molar-refractivity contribution >= 4 is 12.1 Å². The van der Waals surface area contributed by atoms with Crippen molar-refractivity contribution < 1.29 is 19.4 Å². The summed E-state index contributed by atoms with van der Waals surface area (Å²) >= 11 is 0. The third kappa shape index (κ3) is 4.11.